The lowest BCUT2D eigenvalue weighted by molar-refractivity contribution is 0.531. The topological polar surface area (TPSA) is 28.7 Å². The van der Waals surface area contributed by atoms with Crippen LogP contribution in [0.3, 0.4) is 0 Å². The lowest BCUT2D eigenvalue weighted by atomic mass is 9.99. The summed E-state index contributed by atoms with van der Waals surface area (Å²) in [5.74, 6) is -0.157. The van der Waals surface area contributed by atoms with Gasteiger partial charge in [0, 0.05) is 5.92 Å². The average molecular weight is 200 g/mol. The lowest BCUT2D eigenvalue weighted by Gasteiger charge is -2.12. The van der Waals surface area contributed by atoms with Crippen molar-refractivity contribution in [2.75, 3.05) is 0 Å². The van der Waals surface area contributed by atoms with Crippen molar-refractivity contribution in [1.82, 2.24) is 9.97 Å². The number of hydrogen-bond acceptors (Lipinski definition) is 2. The summed E-state index contributed by atoms with van der Waals surface area (Å²) in [6.45, 7) is 4.07. The zero-order chi connectivity index (χ0) is 9.84. The summed E-state index contributed by atoms with van der Waals surface area (Å²) in [4.78, 5) is 6.50. The smallest absolute Gasteiger partial charge is 0.179 e. The van der Waals surface area contributed by atoms with Gasteiger partial charge in [-0.2, -0.15) is 0 Å². The van der Waals surface area contributed by atoms with E-state index in [1.165, 1.54) is 6.33 Å². The fourth-order valence-corrected chi connectivity index (χ4v) is 1.55. The number of aromatic amines is 1. The van der Waals surface area contributed by atoms with Crippen LogP contribution >= 0.6 is 12.2 Å². The van der Waals surface area contributed by atoms with Gasteiger partial charge in [-0.05, 0) is 12.8 Å². The van der Waals surface area contributed by atoms with Crippen LogP contribution in [-0.2, 0) is 0 Å². The second kappa shape index (κ2) is 4.46. The number of H-pyrrole nitrogens is 1. The highest BCUT2D eigenvalue weighted by Gasteiger charge is 2.13. The monoisotopic (exact) mass is 200 g/mol. The molecule has 1 aromatic heterocycles. The third kappa shape index (κ3) is 2.12. The molecular formula is C9H13FN2S. The highest BCUT2D eigenvalue weighted by Crippen LogP contribution is 2.22. The molecule has 1 rings (SSSR count). The van der Waals surface area contributed by atoms with E-state index in [2.05, 4.69) is 9.97 Å². The third-order valence-electron chi connectivity index (χ3n) is 2.22. The van der Waals surface area contributed by atoms with E-state index in [1.54, 1.807) is 0 Å². The number of halogens is 1. The van der Waals surface area contributed by atoms with E-state index < -0.39 is 0 Å². The summed E-state index contributed by atoms with van der Waals surface area (Å²) >= 11 is 4.75. The van der Waals surface area contributed by atoms with Crippen LogP contribution in [0, 0.1) is 10.5 Å². The molecule has 1 N–H and O–H groups in total. The van der Waals surface area contributed by atoms with Gasteiger partial charge < -0.3 is 4.98 Å². The summed E-state index contributed by atoms with van der Waals surface area (Å²) in [5.41, 5.74) is 0.588. The molecule has 1 aromatic rings. The second-order valence-electron chi connectivity index (χ2n) is 2.95. The van der Waals surface area contributed by atoms with E-state index in [9.17, 15) is 4.39 Å². The van der Waals surface area contributed by atoms with Crippen molar-refractivity contribution in [2.24, 2.45) is 0 Å². The van der Waals surface area contributed by atoms with Gasteiger partial charge >= 0.3 is 0 Å². The van der Waals surface area contributed by atoms with Crippen LogP contribution in [0.15, 0.2) is 6.33 Å². The predicted molar refractivity (Wildman–Crippen MR) is 52.7 cm³/mol. The molecule has 0 aliphatic rings. The molecule has 0 atom stereocenters. The van der Waals surface area contributed by atoms with Crippen LogP contribution in [0.5, 0.6) is 0 Å². The maximum atomic E-state index is 13.4. The Kier molecular flexibility index (Phi) is 3.54. The first-order valence-electron chi connectivity index (χ1n) is 4.43. The number of aromatic nitrogens is 2. The molecule has 72 valence electrons. The summed E-state index contributed by atoms with van der Waals surface area (Å²) < 4.78 is 13.5. The van der Waals surface area contributed by atoms with E-state index in [0.717, 1.165) is 12.8 Å². The number of rotatable bonds is 3. The van der Waals surface area contributed by atoms with E-state index in [-0.39, 0.29) is 16.4 Å². The molecule has 1 heterocycles. The minimum atomic E-state index is -0.369. The maximum Gasteiger partial charge on any atom is 0.179 e. The molecule has 0 bridgehead atoms. The number of nitrogens with one attached hydrogen (secondary N) is 1. The van der Waals surface area contributed by atoms with E-state index >= 15 is 0 Å². The van der Waals surface area contributed by atoms with Crippen LogP contribution in [0.1, 0.15) is 38.3 Å². The Balaban J connectivity index is 3.13. The SMILES string of the molecule is CCC(CC)c1[nH]cnc(=S)c1F. The summed E-state index contributed by atoms with van der Waals surface area (Å²) in [5, 5.41) is 0. The van der Waals surface area contributed by atoms with Crippen molar-refractivity contribution in [1.29, 1.82) is 0 Å². The van der Waals surface area contributed by atoms with Crippen LogP contribution in [-0.4, -0.2) is 9.97 Å². The van der Waals surface area contributed by atoms with Crippen LogP contribution in [0.4, 0.5) is 4.39 Å². The highest BCUT2D eigenvalue weighted by molar-refractivity contribution is 7.71. The van der Waals surface area contributed by atoms with E-state index in [4.69, 9.17) is 12.2 Å². The number of nitrogens with zero attached hydrogens (tertiary/aromatic N) is 1. The Labute approximate surface area is 82.2 Å². The third-order valence-corrected chi connectivity index (χ3v) is 2.50. The van der Waals surface area contributed by atoms with E-state index in [0.29, 0.717) is 5.69 Å². The molecule has 0 aliphatic heterocycles. The summed E-state index contributed by atoms with van der Waals surface area (Å²) in [6.07, 6.45) is 3.27. The predicted octanol–water partition coefficient (Wildman–Crippen LogP) is 3.18. The molecule has 0 aliphatic carbocycles. The van der Waals surface area contributed by atoms with Crippen molar-refractivity contribution in [2.45, 2.75) is 32.6 Å². The van der Waals surface area contributed by atoms with Gasteiger partial charge in [0.05, 0.1) is 12.0 Å². The van der Waals surface area contributed by atoms with Crippen molar-refractivity contribution < 1.29 is 4.39 Å². The van der Waals surface area contributed by atoms with Crippen LogP contribution in [0.25, 0.3) is 0 Å². The van der Waals surface area contributed by atoms with Gasteiger partial charge in [-0.25, -0.2) is 9.37 Å². The molecule has 0 radical (unpaired) electrons. The fourth-order valence-electron chi connectivity index (χ4n) is 1.39. The first-order valence-corrected chi connectivity index (χ1v) is 4.84. The molecular weight excluding hydrogens is 187 g/mol. The Hall–Kier alpha value is -0.770. The molecule has 0 amide bonds. The van der Waals surface area contributed by atoms with Gasteiger partial charge in [-0.15, -0.1) is 0 Å². The van der Waals surface area contributed by atoms with Gasteiger partial charge in [0.2, 0.25) is 0 Å². The van der Waals surface area contributed by atoms with Gasteiger partial charge in [-0.3, -0.25) is 0 Å². The van der Waals surface area contributed by atoms with Gasteiger partial charge in [0.1, 0.15) is 0 Å². The Morgan fingerprint density at radius 2 is 2.15 bits per heavy atom. The average Bonchev–Trinajstić information content (AvgIpc) is 2.14. The van der Waals surface area contributed by atoms with Crippen LogP contribution in [0.2, 0.25) is 0 Å². The Morgan fingerprint density at radius 1 is 1.54 bits per heavy atom. The van der Waals surface area contributed by atoms with Crippen LogP contribution < -0.4 is 0 Å². The fraction of sp³-hybridized carbons (Fsp3) is 0.556. The molecule has 0 saturated heterocycles. The summed E-state index contributed by atoms with van der Waals surface area (Å²) in [7, 11) is 0. The zero-order valence-electron chi connectivity index (χ0n) is 7.80. The van der Waals surface area contributed by atoms with Crippen molar-refractivity contribution in [3.8, 4) is 0 Å². The minimum Gasteiger partial charge on any atom is -0.347 e. The molecule has 0 saturated carbocycles. The van der Waals surface area contributed by atoms with Crippen molar-refractivity contribution >= 4 is 12.2 Å². The maximum absolute atomic E-state index is 13.4. The Morgan fingerprint density at radius 3 is 2.69 bits per heavy atom. The van der Waals surface area contributed by atoms with Gasteiger partial charge in [0.25, 0.3) is 0 Å². The Bertz CT molecular complexity index is 331. The summed E-state index contributed by atoms with van der Waals surface area (Å²) in [6, 6.07) is 0. The molecule has 0 unspecified atom stereocenters. The quantitative estimate of drug-likeness (QED) is 0.759. The van der Waals surface area contributed by atoms with Gasteiger partial charge in [-0.1, -0.05) is 26.1 Å². The highest BCUT2D eigenvalue weighted by atomic mass is 32.1. The lowest BCUT2D eigenvalue weighted by Crippen LogP contribution is -2.03. The van der Waals surface area contributed by atoms with Crippen molar-refractivity contribution in [3.63, 3.8) is 0 Å². The number of hydrogen-bond donors (Lipinski definition) is 1. The molecule has 0 spiro atoms. The second-order valence-corrected chi connectivity index (χ2v) is 3.34. The molecule has 4 heteroatoms. The minimum absolute atomic E-state index is 0.0562. The first-order chi connectivity index (χ1) is 6.20. The largest absolute Gasteiger partial charge is 0.347 e. The normalized spacial score (nSPS) is 10.8. The molecule has 2 nitrogen and oxygen atoms in total. The molecule has 13 heavy (non-hydrogen) atoms. The molecule has 0 aromatic carbocycles. The molecule has 0 fully saturated rings. The van der Waals surface area contributed by atoms with Gasteiger partial charge in [0.15, 0.2) is 10.5 Å². The van der Waals surface area contributed by atoms with E-state index in [1.807, 2.05) is 13.8 Å². The standard InChI is InChI=1S/C9H13FN2S/c1-3-6(4-2)8-7(10)9(13)12-5-11-8/h5-6H,3-4H2,1-2H3,(H,11,12,13). The first kappa shape index (κ1) is 10.3. The van der Waals surface area contributed by atoms with Crippen molar-refractivity contribution in [3.05, 3.63) is 22.5 Å². The zero-order valence-corrected chi connectivity index (χ0v) is 8.62.